The predicted molar refractivity (Wildman–Crippen MR) is 125 cm³/mol. The highest BCUT2D eigenvalue weighted by Gasteiger charge is 2.33. The molecule has 0 saturated carbocycles. The summed E-state index contributed by atoms with van der Waals surface area (Å²) >= 11 is 6.39. The van der Waals surface area contributed by atoms with Crippen LogP contribution in [0, 0.1) is 22.9 Å². The number of benzene rings is 1. The van der Waals surface area contributed by atoms with Gasteiger partial charge in [0.15, 0.2) is 11.6 Å². The van der Waals surface area contributed by atoms with Crippen molar-refractivity contribution >= 4 is 40.5 Å². The molecule has 0 N–H and O–H groups in total. The molecule has 0 amide bonds. The molecule has 0 aliphatic rings. The van der Waals surface area contributed by atoms with Crippen LogP contribution < -0.4 is 14.5 Å². The van der Waals surface area contributed by atoms with Crippen LogP contribution in [-0.2, 0) is 9.53 Å². The molecular formula is C22H28ClFN4O5. The maximum absolute atomic E-state index is 14.6. The zero-order valence-corrected chi connectivity index (χ0v) is 20.3. The Labute approximate surface area is 197 Å². The van der Waals surface area contributed by atoms with Crippen LogP contribution >= 0.6 is 11.6 Å². The lowest BCUT2D eigenvalue weighted by atomic mass is 10.1. The van der Waals surface area contributed by atoms with Gasteiger partial charge < -0.3 is 19.3 Å². The number of aryl methyl sites for hydroxylation is 1. The van der Waals surface area contributed by atoms with Crippen molar-refractivity contribution in [1.29, 1.82) is 0 Å². The fourth-order valence-electron chi connectivity index (χ4n) is 3.52. The van der Waals surface area contributed by atoms with Crippen molar-refractivity contribution in [3.63, 3.8) is 0 Å². The number of pyridine rings is 1. The molecule has 0 aliphatic carbocycles. The van der Waals surface area contributed by atoms with Gasteiger partial charge in [0.2, 0.25) is 5.82 Å². The van der Waals surface area contributed by atoms with Crippen molar-refractivity contribution in [3.05, 3.63) is 44.8 Å². The fourth-order valence-corrected chi connectivity index (χ4v) is 3.78. The number of ether oxygens (including phenoxy) is 2. The van der Waals surface area contributed by atoms with Gasteiger partial charge in [0, 0.05) is 30.4 Å². The molecule has 1 aromatic carbocycles. The van der Waals surface area contributed by atoms with Crippen molar-refractivity contribution in [2.75, 3.05) is 36.6 Å². The molecule has 0 aliphatic heterocycles. The molecule has 0 bridgehead atoms. The summed E-state index contributed by atoms with van der Waals surface area (Å²) in [7, 11) is 1.29. The molecule has 2 aromatic rings. The van der Waals surface area contributed by atoms with Gasteiger partial charge in [0.05, 0.1) is 29.4 Å². The number of rotatable bonds is 10. The third kappa shape index (κ3) is 5.81. The van der Waals surface area contributed by atoms with E-state index in [0.717, 1.165) is 6.07 Å². The van der Waals surface area contributed by atoms with Gasteiger partial charge in [-0.2, -0.15) is 0 Å². The van der Waals surface area contributed by atoms with E-state index in [-0.39, 0.29) is 40.6 Å². The molecule has 1 aromatic heterocycles. The first-order valence-corrected chi connectivity index (χ1v) is 10.8. The maximum atomic E-state index is 14.6. The zero-order valence-electron chi connectivity index (χ0n) is 19.5. The molecule has 0 fully saturated rings. The topological polar surface area (TPSA) is 98.0 Å². The lowest BCUT2D eigenvalue weighted by Crippen LogP contribution is -2.33. The van der Waals surface area contributed by atoms with Crippen LogP contribution in [0.2, 0.25) is 5.02 Å². The van der Waals surface area contributed by atoms with Crippen LogP contribution in [0.25, 0.3) is 0 Å². The first-order chi connectivity index (χ1) is 15.5. The summed E-state index contributed by atoms with van der Waals surface area (Å²) in [6.07, 6.45) is 0. The van der Waals surface area contributed by atoms with Gasteiger partial charge in [-0.15, -0.1) is 0 Å². The van der Waals surface area contributed by atoms with E-state index < -0.39 is 23.3 Å². The number of methoxy groups -OCH3 is 1. The third-order valence-electron chi connectivity index (χ3n) is 4.90. The molecular weight excluding hydrogens is 455 g/mol. The first kappa shape index (κ1) is 26.1. The van der Waals surface area contributed by atoms with Crippen LogP contribution in [0.3, 0.4) is 0 Å². The van der Waals surface area contributed by atoms with Crippen molar-refractivity contribution in [3.8, 4) is 5.75 Å². The highest BCUT2D eigenvalue weighted by molar-refractivity contribution is 6.33. The normalized spacial score (nSPS) is 10.8. The number of carbonyl (C=O) groups is 1. The standard InChI is InChI=1S/C22H28ClFN4O5/c1-7-26(13(3)4)18-9-14(5)25-22(21(18)28(30)31)27(12-20(29)33-8-2)17-11-16(24)19(32-6)10-15(17)23/h9-11,13H,7-8,12H2,1-6H3. The smallest absolute Gasteiger partial charge is 0.335 e. The molecule has 0 atom stereocenters. The minimum Gasteiger partial charge on any atom is -0.494 e. The summed E-state index contributed by atoms with van der Waals surface area (Å²) in [5.74, 6) is -1.68. The number of carbonyl (C=O) groups excluding carboxylic acids is 1. The van der Waals surface area contributed by atoms with Gasteiger partial charge in [0.1, 0.15) is 12.2 Å². The van der Waals surface area contributed by atoms with Crippen molar-refractivity contribution in [1.82, 2.24) is 4.98 Å². The summed E-state index contributed by atoms with van der Waals surface area (Å²) < 4.78 is 24.6. The minimum absolute atomic E-state index is 0.0164. The second-order valence-electron chi connectivity index (χ2n) is 7.42. The average molecular weight is 483 g/mol. The van der Waals surface area contributed by atoms with E-state index in [1.54, 1.807) is 19.9 Å². The highest BCUT2D eigenvalue weighted by atomic mass is 35.5. The van der Waals surface area contributed by atoms with Gasteiger partial charge >= 0.3 is 11.7 Å². The number of nitro groups is 1. The van der Waals surface area contributed by atoms with Gasteiger partial charge in [-0.3, -0.25) is 14.9 Å². The molecule has 0 spiro atoms. The summed E-state index contributed by atoms with van der Waals surface area (Å²) in [5, 5.41) is 12.3. The minimum atomic E-state index is -0.751. The average Bonchev–Trinajstić information content (AvgIpc) is 2.73. The van der Waals surface area contributed by atoms with Gasteiger partial charge in [0.25, 0.3) is 0 Å². The molecule has 0 radical (unpaired) electrons. The lowest BCUT2D eigenvalue weighted by Gasteiger charge is -2.30. The number of esters is 1. The van der Waals surface area contributed by atoms with Crippen LogP contribution in [0.1, 0.15) is 33.4 Å². The molecule has 180 valence electrons. The van der Waals surface area contributed by atoms with Crippen molar-refractivity contribution < 1.29 is 23.6 Å². The molecule has 2 rings (SSSR count). The third-order valence-corrected chi connectivity index (χ3v) is 5.20. The van der Waals surface area contributed by atoms with E-state index in [0.29, 0.717) is 17.9 Å². The van der Waals surface area contributed by atoms with E-state index in [1.807, 2.05) is 25.7 Å². The second kappa shape index (κ2) is 11.1. The van der Waals surface area contributed by atoms with Crippen LogP contribution in [0.15, 0.2) is 18.2 Å². The van der Waals surface area contributed by atoms with E-state index >= 15 is 0 Å². The monoisotopic (exact) mass is 482 g/mol. The van der Waals surface area contributed by atoms with Gasteiger partial charge in [-0.1, -0.05) is 11.6 Å². The number of aromatic nitrogens is 1. The van der Waals surface area contributed by atoms with Crippen molar-refractivity contribution in [2.24, 2.45) is 0 Å². The summed E-state index contributed by atoms with van der Waals surface area (Å²) in [5.41, 5.74) is 0.498. The molecule has 0 unspecified atom stereocenters. The SMILES string of the molecule is CCOC(=O)CN(c1cc(F)c(OC)cc1Cl)c1nc(C)cc(N(CC)C(C)C)c1[N+](=O)[O-]. The Balaban J connectivity index is 2.87. The van der Waals surface area contributed by atoms with E-state index in [2.05, 4.69) is 4.98 Å². The summed E-state index contributed by atoms with van der Waals surface area (Å²) in [4.78, 5) is 31.6. The summed E-state index contributed by atoms with van der Waals surface area (Å²) in [6, 6.07) is 3.85. The lowest BCUT2D eigenvalue weighted by molar-refractivity contribution is -0.383. The Morgan fingerprint density at radius 2 is 1.94 bits per heavy atom. The van der Waals surface area contributed by atoms with Crippen molar-refractivity contribution in [2.45, 2.75) is 40.7 Å². The van der Waals surface area contributed by atoms with Crippen LogP contribution in [-0.4, -0.2) is 48.7 Å². The largest absolute Gasteiger partial charge is 0.494 e. The second-order valence-corrected chi connectivity index (χ2v) is 7.83. The Morgan fingerprint density at radius 3 is 2.45 bits per heavy atom. The number of halogens is 2. The molecule has 1 heterocycles. The Morgan fingerprint density at radius 1 is 1.27 bits per heavy atom. The Bertz CT molecular complexity index is 1030. The number of hydrogen-bond donors (Lipinski definition) is 0. The predicted octanol–water partition coefficient (Wildman–Crippen LogP) is 5.04. The Hall–Kier alpha value is -3.14. The fraction of sp³-hybridized carbons (Fsp3) is 0.455. The quantitative estimate of drug-likeness (QED) is 0.264. The van der Waals surface area contributed by atoms with E-state index in [1.165, 1.54) is 18.1 Å². The highest BCUT2D eigenvalue weighted by Crippen LogP contribution is 2.43. The van der Waals surface area contributed by atoms with E-state index in [4.69, 9.17) is 21.1 Å². The van der Waals surface area contributed by atoms with E-state index in [9.17, 15) is 19.3 Å². The van der Waals surface area contributed by atoms with Crippen LogP contribution in [0.5, 0.6) is 5.75 Å². The number of anilines is 3. The molecule has 33 heavy (non-hydrogen) atoms. The van der Waals surface area contributed by atoms with Gasteiger partial charge in [-0.05, 0) is 40.7 Å². The zero-order chi connectivity index (χ0) is 24.9. The molecule has 0 saturated heterocycles. The molecule has 11 heteroatoms. The Kier molecular flexibility index (Phi) is 8.81. The number of nitrogens with zero attached hydrogens (tertiary/aromatic N) is 4. The maximum Gasteiger partial charge on any atom is 0.335 e. The summed E-state index contributed by atoms with van der Waals surface area (Å²) in [6.45, 7) is 9.15. The first-order valence-electron chi connectivity index (χ1n) is 10.4. The van der Waals surface area contributed by atoms with Crippen LogP contribution in [0.4, 0.5) is 27.3 Å². The number of hydrogen-bond acceptors (Lipinski definition) is 8. The molecule has 9 nitrogen and oxygen atoms in total. The van der Waals surface area contributed by atoms with Gasteiger partial charge in [-0.25, -0.2) is 9.37 Å².